The van der Waals surface area contributed by atoms with Gasteiger partial charge in [0, 0.05) is 18.2 Å². The van der Waals surface area contributed by atoms with E-state index in [0.29, 0.717) is 12.1 Å². The van der Waals surface area contributed by atoms with Gasteiger partial charge in [-0.1, -0.05) is 31.2 Å². The highest BCUT2D eigenvalue weighted by Gasteiger charge is 2.17. The van der Waals surface area contributed by atoms with Crippen LogP contribution in [-0.4, -0.2) is 27.4 Å². The Labute approximate surface area is 165 Å². The average Bonchev–Trinajstić information content (AvgIpc) is 3.15. The van der Waals surface area contributed by atoms with Crippen LogP contribution in [0.5, 0.6) is 0 Å². The first-order valence-corrected chi connectivity index (χ1v) is 9.58. The fourth-order valence-electron chi connectivity index (χ4n) is 2.93. The van der Waals surface area contributed by atoms with Gasteiger partial charge in [0.25, 0.3) is 5.91 Å². The van der Waals surface area contributed by atoms with Crippen LogP contribution in [-0.2, 0) is 11.3 Å². The molecule has 6 nitrogen and oxygen atoms in total. The summed E-state index contributed by atoms with van der Waals surface area (Å²) < 4.78 is 1.87. The summed E-state index contributed by atoms with van der Waals surface area (Å²) in [5, 5.41) is 5.90. The lowest BCUT2D eigenvalue weighted by atomic mass is 10.1. The van der Waals surface area contributed by atoms with Gasteiger partial charge in [-0.05, 0) is 50.1 Å². The molecule has 2 atom stereocenters. The topological polar surface area (TPSA) is 76.0 Å². The van der Waals surface area contributed by atoms with Crippen molar-refractivity contribution in [1.82, 2.24) is 20.2 Å². The van der Waals surface area contributed by atoms with E-state index in [4.69, 9.17) is 0 Å². The number of rotatable bonds is 7. The Bertz CT molecular complexity index is 962. The van der Waals surface area contributed by atoms with Crippen molar-refractivity contribution in [3.8, 4) is 0 Å². The van der Waals surface area contributed by atoms with Crippen LogP contribution in [0.15, 0.2) is 54.9 Å². The normalized spacial score (nSPS) is 13.1. The first-order valence-electron chi connectivity index (χ1n) is 9.58. The number of nitrogens with one attached hydrogen (secondary N) is 2. The largest absolute Gasteiger partial charge is 0.350 e. The summed E-state index contributed by atoms with van der Waals surface area (Å²) in [6, 6.07) is 14.8. The van der Waals surface area contributed by atoms with E-state index >= 15 is 0 Å². The van der Waals surface area contributed by atoms with E-state index in [1.165, 1.54) is 0 Å². The molecule has 0 spiro atoms. The van der Waals surface area contributed by atoms with Crippen molar-refractivity contribution >= 4 is 22.8 Å². The Morgan fingerprint density at radius 2 is 1.79 bits per heavy atom. The molecule has 0 saturated carbocycles. The maximum Gasteiger partial charge on any atom is 0.251 e. The van der Waals surface area contributed by atoms with E-state index < -0.39 is 0 Å². The Morgan fingerprint density at radius 1 is 1.07 bits per heavy atom. The molecule has 0 unspecified atom stereocenters. The van der Waals surface area contributed by atoms with E-state index in [0.717, 1.165) is 23.0 Å². The predicted molar refractivity (Wildman–Crippen MR) is 110 cm³/mol. The van der Waals surface area contributed by atoms with Crippen molar-refractivity contribution in [2.45, 2.75) is 45.8 Å². The molecule has 2 amide bonds. The average molecular weight is 378 g/mol. The van der Waals surface area contributed by atoms with E-state index in [9.17, 15) is 9.59 Å². The highest BCUT2D eigenvalue weighted by Crippen LogP contribution is 2.17. The molecule has 28 heavy (non-hydrogen) atoms. The maximum absolute atomic E-state index is 12.6. The third-order valence-electron chi connectivity index (χ3n) is 4.95. The Morgan fingerprint density at radius 3 is 2.50 bits per heavy atom. The molecule has 6 heteroatoms. The van der Waals surface area contributed by atoms with Crippen molar-refractivity contribution < 1.29 is 9.59 Å². The minimum absolute atomic E-state index is 0.0782. The zero-order chi connectivity index (χ0) is 20.1. The summed E-state index contributed by atoms with van der Waals surface area (Å²) >= 11 is 0. The van der Waals surface area contributed by atoms with Crippen molar-refractivity contribution in [3.63, 3.8) is 0 Å². The number of hydrogen-bond donors (Lipinski definition) is 2. The molecule has 2 aromatic carbocycles. The van der Waals surface area contributed by atoms with Crippen molar-refractivity contribution in [2.75, 3.05) is 0 Å². The van der Waals surface area contributed by atoms with Gasteiger partial charge in [0.05, 0.1) is 17.4 Å². The third kappa shape index (κ3) is 4.39. The minimum Gasteiger partial charge on any atom is -0.350 e. The van der Waals surface area contributed by atoms with E-state index in [1.54, 1.807) is 18.5 Å². The molecule has 0 aliphatic rings. The van der Waals surface area contributed by atoms with Gasteiger partial charge in [0.15, 0.2) is 0 Å². The first kappa shape index (κ1) is 19.6. The number of hydrogen-bond acceptors (Lipinski definition) is 3. The van der Waals surface area contributed by atoms with Gasteiger partial charge < -0.3 is 15.2 Å². The van der Waals surface area contributed by atoms with E-state index in [-0.39, 0.29) is 23.9 Å². The van der Waals surface area contributed by atoms with Gasteiger partial charge in [0.1, 0.15) is 6.04 Å². The summed E-state index contributed by atoms with van der Waals surface area (Å²) in [6.07, 6.45) is 2.58. The second kappa shape index (κ2) is 8.69. The molecule has 0 fully saturated rings. The number of benzene rings is 2. The van der Waals surface area contributed by atoms with Crippen molar-refractivity contribution in [3.05, 3.63) is 66.0 Å². The number of nitrogens with zero attached hydrogens (tertiary/aromatic N) is 2. The van der Waals surface area contributed by atoms with Gasteiger partial charge in [0.2, 0.25) is 5.91 Å². The SMILES string of the molecule is CC[C@@H](C)NC(=O)c1ccc(CNC(=O)[C@@H](C)n2cnc3ccccc32)cc1. The molecule has 0 radical (unpaired) electrons. The molecule has 1 aromatic heterocycles. The number of imidazole rings is 1. The highest BCUT2D eigenvalue weighted by molar-refractivity contribution is 5.94. The fraction of sp³-hybridized carbons (Fsp3) is 0.318. The molecule has 0 saturated heterocycles. The van der Waals surface area contributed by atoms with Crippen molar-refractivity contribution in [2.24, 2.45) is 0 Å². The van der Waals surface area contributed by atoms with Gasteiger partial charge in [-0.15, -0.1) is 0 Å². The van der Waals surface area contributed by atoms with Crippen LogP contribution in [0.1, 0.15) is 49.2 Å². The van der Waals surface area contributed by atoms with Gasteiger partial charge >= 0.3 is 0 Å². The Hall–Kier alpha value is -3.15. The number of amides is 2. The molecular weight excluding hydrogens is 352 g/mol. The number of para-hydroxylation sites is 2. The molecule has 0 bridgehead atoms. The molecule has 0 aliphatic carbocycles. The van der Waals surface area contributed by atoms with Crippen LogP contribution in [0.25, 0.3) is 11.0 Å². The monoisotopic (exact) mass is 378 g/mol. The quantitative estimate of drug-likeness (QED) is 0.661. The number of fused-ring (bicyclic) bond motifs is 1. The second-order valence-electron chi connectivity index (χ2n) is 7.01. The zero-order valence-electron chi connectivity index (χ0n) is 16.5. The predicted octanol–water partition coefficient (Wildman–Crippen LogP) is 3.44. The molecule has 2 N–H and O–H groups in total. The minimum atomic E-state index is -0.368. The Kier molecular flexibility index (Phi) is 6.09. The van der Waals surface area contributed by atoms with Crippen LogP contribution in [0, 0.1) is 0 Å². The highest BCUT2D eigenvalue weighted by atomic mass is 16.2. The smallest absolute Gasteiger partial charge is 0.251 e. The number of carbonyl (C=O) groups excluding carboxylic acids is 2. The molecular formula is C22H26N4O2. The standard InChI is InChI=1S/C22H26N4O2/c1-4-15(2)25-22(28)18-11-9-17(10-12-18)13-23-21(27)16(3)26-14-24-19-7-5-6-8-20(19)26/h5-12,14-16H,4,13H2,1-3H3,(H,23,27)(H,25,28)/t15-,16-/m1/s1. The summed E-state index contributed by atoms with van der Waals surface area (Å²) in [6.45, 7) is 6.27. The molecule has 3 aromatic rings. The summed E-state index contributed by atoms with van der Waals surface area (Å²) in [7, 11) is 0. The molecule has 1 heterocycles. The van der Waals surface area contributed by atoms with E-state index in [2.05, 4.69) is 15.6 Å². The van der Waals surface area contributed by atoms with Crippen LogP contribution < -0.4 is 10.6 Å². The number of carbonyl (C=O) groups is 2. The van der Waals surface area contributed by atoms with Crippen LogP contribution in [0.3, 0.4) is 0 Å². The lowest BCUT2D eigenvalue weighted by Gasteiger charge is -2.15. The Balaban J connectivity index is 1.59. The number of aromatic nitrogens is 2. The molecule has 0 aliphatic heterocycles. The molecule has 146 valence electrons. The van der Waals surface area contributed by atoms with Crippen LogP contribution in [0.4, 0.5) is 0 Å². The maximum atomic E-state index is 12.6. The lowest BCUT2D eigenvalue weighted by molar-refractivity contribution is -0.123. The fourth-order valence-corrected chi connectivity index (χ4v) is 2.93. The van der Waals surface area contributed by atoms with Gasteiger partial charge in [-0.3, -0.25) is 9.59 Å². The first-order chi connectivity index (χ1) is 13.5. The van der Waals surface area contributed by atoms with Crippen molar-refractivity contribution in [1.29, 1.82) is 0 Å². The third-order valence-corrected chi connectivity index (χ3v) is 4.95. The summed E-state index contributed by atoms with van der Waals surface area (Å²) in [5.41, 5.74) is 3.36. The zero-order valence-corrected chi connectivity index (χ0v) is 16.5. The second-order valence-corrected chi connectivity index (χ2v) is 7.01. The van der Waals surface area contributed by atoms with Gasteiger partial charge in [-0.2, -0.15) is 0 Å². The van der Waals surface area contributed by atoms with Crippen LogP contribution >= 0.6 is 0 Å². The summed E-state index contributed by atoms with van der Waals surface area (Å²) in [4.78, 5) is 29.0. The van der Waals surface area contributed by atoms with E-state index in [1.807, 2.05) is 61.7 Å². The lowest BCUT2D eigenvalue weighted by Crippen LogP contribution is -2.32. The summed E-state index contributed by atoms with van der Waals surface area (Å²) in [5.74, 6) is -0.160. The van der Waals surface area contributed by atoms with Gasteiger partial charge in [-0.25, -0.2) is 4.98 Å². The van der Waals surface area contributed by atoms with Crippen LogP contribution in [0.2, 0.25) is 0 Å². The molecule has 3 rings (SSSR count).